The number of methoxy groups -OCH3 is 1. The van der Waals surface area contributed by atoms with E-state index in [1.165, 1.54) is 7.11 Å². The van der Waals surface area contributed by atoms with Gasteiger partial charge in [0.1, 0.15) is 23.8 Å². The third-order valence-electron chi connectivity index (χ3n) is 5.13. The van der Waals surface area contributed by atoms with Crippen LogP contribution in [0.3, 0.4) is 0 Å². The first-order chi connectivity index (χ1) is 17.1. The lowest BCUT2D eigenvalue weighted by Gasteiger charge is -2.12. The van der Waals surface area contributed by atoms with Gasteiger partial charge in [-0.05, 0) is 47.7 Å². The number of hydrogen-bond acceptors (Lipinski definition) is 8. The van der Waals surface area contributed by atoms with Crippen molar-refractivity contribution in [1.82, 2.24) is 10.5 Å². The molecule has 35 heavy (non-hydrogen) atoms. The average Bonchev–Trinajstić information content (AvgIpc) is 3.56. The topological polar surface area (TPSA) is 82.8 Å². The number of nitrogens with zero attached hydrogens (tertiary/aromatic N) is 1. The molecule has 2 heterocycles. The van der Waals surface area contributed by atoms with E-state index in [0.717, 1.165) is 33.2 Å². The van der Waals surface area contributed by atoms with Gasteiger partial charge in [0.05, 0.1) is 30.7 Å². The Morgan fingerprint density at radius 1 is 1.06 bits per heavy atom. The van der Waals surface area contributed by atoms with E-state index in [4.69, 9.17) is 18.7 Å². The largest absolute Gasteiger partial charge is 0.487 e. The number of nitrogens with one attached hydrogen (secondary N) is 1. The lowest BCUT2D eigenvalue weighted by Crippen LogP contribution is -2.14. The summed E-state index contributed by atoms with van der Waals surface area (Å²) in [4.78, 5) is 22.8. The summed E-state index contributed by atoms with van der Waals surface area (Å²) < 4.78 is 16.4. The highest BCUT2D eigenvalue weighted by molar-refractivity contribution is 7.13. The summed E-state index contributed by atoms with van der Waals surface area (Å²) in [5.74, 6) is 1.77. The molecule has 0 radical (unpaired) electrons. The van der Waals surface area contributed by atoms with Crippen LogP contribution in [0.1, 0.15) is 29.0 Å². The van der Waals surface area contributed by atoms with E-state index < -0.39 is 0 Å². The van der Waals surface area contributed by atoms with Gasteiger partial charge in [0.15, 0.2) is 0 Å². The van der Waals surface area contributed by atoms with Crippen molar-refractivity contribution < 1.29 is 23.5 Å². The number of aryl methyl sites for hydroxylation is 1. The van der Waals surface area contributed by atoms with Crippen LogP contribution >= 0.6 is 11.3 Å². The summed E-state index contributed by atoms with van der Waals surface area (Å²) in [6.07, 6.45) is 1.89. The van der Waals surface area contributed by atoms with Crippen molar-refractivity contribution in [3.8, 4) is 16.5 Å². The molecule has 2 aromatic heterocycles. The van der Waals surface area contributed by atoms with Gasteiger partial charge < -0.3 is 13.9 Å². The quantitative estimate of drug-likeness (QED) is 0.206. The van der Waals surface area contributed by atoms with Crippen LogP contribution in [0.5, 0.6) is 5.75 Å². The molecule has 0 bridgehead atoms. The maximum absolute atomic E-state index is 11.5. The average molecular weight is 491 g/mol. The minimum absolute atomic E-state index is 0.142. The Hall–Kier alpha value is -3.88. The molecule has 0 atom stereocenters. The molecule has 4 rings (SSSR count). The minimum Gasteiger partial charge on any atom is -0.487 e. The number of benzene rings is 2. The fourth-order valence-electron chi connectivity index (χ4n) is 3.20. The summed E-state index contributed by atoms with van der Waals surface area (Å²) in [5, 5.41) is 1.99. The summed E-state index contributed by atoms with van der Waals surface area (Å²) in [7, 11) is 1.37. The van der Waals surface area contributed by atoms with Crippen LogP contribution in [0.25, 0.3) is 16.5 Å². The molecule has 0 saturated heterocycles. The lowest BCUT2D eigenvalue weighted by molar-refractivity contribution is -0.139. The molecule has 0 aliphatic heterocycles. The number of thiophene rings is 1. The first-order valence-corrected chi connectivity index (χ1v) is 11.9. The first-order valence-electron chi connectivity index (χ1n) is 11.0. The molecular weight excluding hydrogens is 464 g/mol. The number of oxazole rings is 1. The molecular formula is C27H26N2O5S. The fourth-order valence-corrected chi connectivity index (χ4v) is 3.85. The fraction of sp³-hybridized carbons (Fsp3) is 0.185. The van der Waals surface area contributed by atoms with Crippen molar-refractivity contribution >= 4 is 23.0 Å². The van der Waals surface area contributed by atoms with Crippen LogP contribution in [0, 0.1) is 6.92 Å². The Kier molecular flexibility index (Phi) is 8.32. The second-order valence-corrected chi connectivity index (χ2v) is 8.53. The third kappa shape index (κ3) is 6.81. The van der Waals surface area contributed by atoms with Gasteiger partial charge in [-0.1, -0.05) is 48.5 Å². The predicted octanol–water partition coefficient (Wildman–Crippen LogP) is 5.92. The molecule has 0 aliphatic carbocycles. The van der Waals surface area contributed by atoms with Gasteiger partial charge in [-0.15, -0.1) is 11.3 Å². The Labute approximate surface area is 207 Å². The van der Waals surface area contributed by atoms with Crippen molar-refractivity contribution in [2.45, 2.75) is 26.6 Å². The molecule has 7 nitrogen and oxygen atoms in total. The van der Waals surface area contributed by atoms with E-state index in [9.17, 15) is 4.79 Å². The van der Waals surface area contributed by atoms with E-state index >= 15 is 0 Å². The molecule has 0 aliphatic rings. The number of carbonyl (C=O) groups excluding carboxylic acids is 1. The Morgan fingerprint density at radius 3 is 2.57 bits per heavy atom. The van der Waals surface area contributed by atoms with Crippen LogP contribution in [0.4, 0.5) is 0 Å². The van der Waals surface area contributed by atoms with Gasteiger partial charge >= 0.3 is 5.97 Å². The molecule has 1 N–H and O–H groups in total. The molecule has 0 amide bonds. The highest BCUT2D eigenvalue weighted by Gasteiger charge is 2.13. The predicted molar refractivity (Wildman–Crippen MR) is 134 cm³/mol. The molecule has 8 heteroatoms. The van der Waals surface area contributed by atoms with E-state index in [0.29, 0.717) is 24.8 Å². The van der Waals surface area contributed by atoms with Crippen molar-refractivity contribution in [3.63, 3.8) is 0 Å². The molecule has 0 fully saturated rings. The van der Waals surface area contributed by atoms with Crippen molar-refractivity contribution in [2.75, 3.05) is 7.11 Å². The summed E-state index contributed by atoms with van der Waals surface area (Å²) in [6.45, 7) is 2.54. The van der Waals surface area contributed by atoms with Crippen LogP contribution in [-0.4, -0.2) is 18.1 Å². The van der Waals surface area contributed by atoms with Crippen LogP contribution in [0.15, 0.2) is 82.6 Å². The maximum Gasteiger partial charge on any atom is 0.309 e. The first kappa shape index (κ1) is 24.3. The maximum atomic E-state index is 11.5. The highest BCUT2D eigenvalue weighted by Crippen LogP contribution is 2.26. The second-order valence-electron chi connectivity index (χ2n) is 7.59. The van der Waals surface area contributed by atoms with Crippen molar-refractivity contribution in [1.29, 1.82) is 0 Å². The smallest absolute Gasteiger partial charge is 0.309 e. The monoisotopic (exact) mass is 490 g/mol. The standard InChI is InChI=1S/C27H26N2O5S/c1-19-24(28-27(34-19)25-9-6-16-35-25)18-32-22-12-10-20(11-13-22)17-33-29-23(14-15-26(30)31-2)21-7-4-3-5-8-21/h3-14,16,29H,15,17-18H2,1-2H3. The van der Waals surface area contributed by atoms with Gasteiger partial charge in [0, 0.05) is 0 Å². The number of esters is 1. The van der Waals surface area contributed by atoms with E-state index in [2.05, 4.69) is 10.5 Å². The Bertz CT molecular complexity index is 1250. The molecule has 0 unspecified atom stereocenters. The zero-order chi connectivity index (χ0) is 24.5. The number of aromatic nitrogens is 1. The molecule has 0 spiro atoms. The molecule has 2 aromatic carbocycles. The van der Waals surface area contributed by atoms with Gasteiger partial charge in [-0.3, -0.25) is 15.1 Å². The lowest BCUT2D eigenvalue weighted by atomic mass is 10.1. The van der Waals surface area contributed by atoms with Crippen LogP contribution in [-0.2, 0) is 27.6 Å². The molecule has 0 saturated carbocycles. The van der Waals surface area contributed by atoms with Crippen molar-refractivity contribution in [3.05, 3.63) is 101 Å². The Balaban J connectivity index is 1.30. The minimum atomic E-state index is -0.320. The zero-order valence-electron chi connectivity index (χ0n) is 19.5. The van der Waals surface area contributed by atoms with Crippen molar-refractivity contribution in [2.24, 2.45) is 0 Å². The molecule has 180 valence electrons. The highest BCUT2D eigenvalue weighted by atomic mass is 32.1. The SMILES string of the molecule is COC(=O)CC=C(NOCc1ccc(OCc2nc(-c3cccs3)oc2C)cc1)c1ccccc1. The number of ether oxygens (including phenoxy) is 2. The number of hydroxylamine groups is 1. The van der Waals surface area contributed by atoms with Crippen LogP contribution < -0.4 is 10.2 Å². The second kappa shape index (κ2) is 12.0. The normalized spacial score (nSPS) is 11.3. The summed E-state index contributed by atoms with van der Waals surface area (Å²) in [6, 6.07) is 21.2. The van der Waals surface area contributed by atoms with Gasteiger partial charge in [-0.2, -0.15) is 0 Å². The summed E-state index contributed by atoms with van der Waals surface area (Å²) >= 11 is 1.59. The molecule has 4 aromatic rings. The summed E-state index contributed by atoms with van der Waals surface area (Å²) in [5.41, 5.74) is 6.29. The Morgan fingerprint density at radius 2 is 1.86 bits per heavy atom. The van der Waals surface area contributed by atoms with E-state index in [1.807, 2.05) is 79.0 Å². The zero-order valence-corrected chi connectivity index (χ0v) is 20.3. The number of carbonyl (C=O) groups is 1. The van der Waals surface area contributed by atoms with Gasteiger partial charge in [0.2, 0.25) is 5.89 Å². The van der Waals surface area contributed by atoms with Gasteiger partial charge in [-0.25, -0.2) is 4.98 Å². The van der Waals surface area contributed by atoms with Crippen LogP contribution in [0.2, 0.25) is 0 Å². The number of hydrogen-bond donors (Lipinski definition) is 1. The number of rotatable bonds is 11. The van der Waals surface area contributed by atoms with E-state index in [-0.39, 0.29) is 12.4 Å². The third-order valence-corrected chi connectivity index (χ3v) is 5.99. The van der Waals surface area contributed by atoms with Gasteiger partial charge in [0.25, 0.3) is 0 Å². The van der Waals surface area contributed by atoms with E-state index in [1.54, 1.807) is 17.4 Å².